The minimum atomic E-state index is -0.298. The number of amides is 1. The maximum Gasteiger partial charge on any atom is 0.271 e. The van der Waals surface area contributed by atoms with Gasteiger partial charge >= 0.3 is 0 Å². The van der Waals surface area contributed by atoms with Crippen molar-refractivity contribution < 1.29 is 9.32 Å². The summed E-state index contributed by atoms with van der Waals surface area (Å²) < 4.78 is 5.30. The van der Waals surface area contributed by atoms with Crippen LogP contribution in [0.15, 0.2) is 53.4 Å². The predicted octanol–water partition coefficient (Wildman–Crippen LogP) is 2.37. The summed E-state index contributed by atoms with van der Waals surface area (Å²) in [5, 5.41) is 6.68. The minimum absolute atomic E-state index is 0.268. The lowest BCUT2D eigenvalue weighted by Gasteiger charge is -2.00. The molecule has 0 radical (unpaired) electrons. The summed E-state index contributed by atoms with van der Waals surface area (Å²) in [4.78, 5) is 19.6. The van der Waals surface area contributed by atoms with E-state index in [1.165, 1.54) is 24.2 Å². The van der Waals surface area contributed by atoms with Gasteiger partial charge in [0, 0.05) is 24.0 Å². The number of rotatable bonds is 4. The number of aryl methyl sites for hydroxylation is 1. The van der Waals surface area contributed by atoms with Crippen LogP contribution in [-0.2, 0) is 6.54 Å². The van der Waals surface area contributed by atoms with E-state index in [0.717, 1.165) is 5.56 Å². The monoisotopic (exact) mass is 294 g/mol. The fourth-order valence-corrected chi connectivity index (χ4v) is 1.93. The van der Waals surface area contributed by atoms with E-state index in [0.29, 0.717) is 11.5 Å². The van der Waals surface area contributed by atoms with Crippen LogP contribution in [0, 0.1) is 6.92 Å². The van der Waals surface area contributed by atoms with E-state index in [4.69, 9.17) is 4.52 Å². The predicted molar refractivity (Wildman–Crippen MR) is 79.9 cm³/mol. The zero-order chi connectivity index (χ0) is 15.4. The van der Waals surface area contributed by atoms with E-state index in [9.17, 15) is 4.79 Å². The molecule has 0 atom stereocenters. The van der Waals surface area contributed by atoms with Crippen LogP contribution in [0.4, 0.5) is 0 Å². The molecule has 1 amide bonds. The molecule has 0 fully saturated rings. The lowest BCUT2D eigenvalue weighted by Crippen LogP contribution is -2.23. The van der Waals surface area contributed by atoms with Crippen LogP contribution in [0.3, 0.4) is 0 Å². The highest BCUT2D eigenvalue weighted by Gasteiger charge is 2.10. The third kappa shape index (κ3) is 3.17. The third-order valence-electron chi connectivity index (χ3n) is 3.12. The molecule has 3 aromatic rings. The normalized spacial score (nSPS) is 10.4. The van der Waals surface area contributed by atoms with Crippen molar-refractivity contribution in [2.75, 3.05) is 0 Å². The molecule has 0 aliphatic rings. The summed E-state index contributed by atoms with van der Waals surface area (Å²) >= 11 is 0. The molecule has 0 aliphatic carbocycles. The average Bonchev–Trinajstić information content (AvgIpc) is 3.03. The Morgan fingerprint density at radius 3 is 2.77 bits per heavy atom. The van der Waals surface area contributed by atoms with Crippen molar-refractivity contribution in [3.05, 3.63) is 65.9 Å². The molecule has 2 aromatic heterocycles. The van der Waals surface area contributed by atoms with Crippen LogP contribution in [0.25, 0.3) is 11.3 Å². The van der Waals surface area contributed by atoms with Crippen LogP contribution in [0.2, 0.25) is 0 Å². The van der Waals surface area contributed by atoms with Crippen molar-refractivity contribution in [3.63, 3.8) is 0 Å². The molecule has 3 rings (SSSR count). The molecule has 1 aromatic carbocycles. The van der Waals surface area contributed by atoms with Crippen LogP contribution >= 0.6 is 0 Å². The number of carbonyl (C=O) groups is 1. The molecule has 0 saturated carbocycles. The summed E-state index contributed by atoms with van der Waals surface area (Å²) in [6.45, 7) is 2.29. The molecule has 2 heterocycles. The summed E-state index contributed by atoms with van der Waals surface area (Å²) in [5.74, 6) is 0.372. The van der Waals surface area contributed by atoms with Gasteiger partial charge in [-0.15, -0.1) is 0 Å². The maximum absolute atomic E-state index is 11.9. The van der Waals surface area contributed by atoms with E-state index in [-0.39, 0.29) is 18.1 Å². The lowest BCUT2D eigenvalue weighted by molar-refractivity contribution is 0.0944. The van der Waals surface area contributed by atoms with Gasteiger partial charge in [0.25, 0.3) is 5.91 Å². The second kappa shape index (κ2) is 6.17. The first-order chi connectivity index (χ1) is 10.7. The van der Waals surface area contributed by atoms with Gasteiger partial charge in [0.15, 0.2) is 5.76 Å². The first-order valence-electron chi connectivity index (χ1n) is 6.79. The van der Waals surface area contributed by atoms with Crippen LogP contribution < -0.4 is 5.32 Å². The molecule has 0 saturated heterocycles. The van der Waals surface area contributed by atoms with Gasteiger partial charge in [0.2, 0.25) is 0 Å². The summed E-state index contributed by atoms with van der Waals surface area (Å²) in [6.07, 6.45) is 4.40. The van der Waals surface area contributed by atoms with Gasteiger partial charge < -0.3 is 9.84 Å². The van der Waals surface area contributed by atoms with Crippen molar-refractivity contribution in [1.82, 2.24) is 20.4 Å². The molecule has 1 N–H and O–H groups in total. The highest BCUT2D eigenvalue weighted by atomic mass is 16.5. The van der Waals surface area contributed by atoms with Gasteiger partial charge in [-0.1, -0.05) is 35.0 Å². The van der Waals surface area contributed by atoms with E-state index in [1.54, 1.807) is 0 Å². The Bertz CT molecular complexity index is 766. The minimum Gasteiger partial charge on any atom is -0.356 e. The van der Waals surface area contributed by atoms with Gasteiger partial charge in [-0.25, -0.2) is 4.98 Å². The van der Waals surface area contributed by atoms with Crippen molar-refractivity contribution in [2.24, 2.45) is 0 Å². The van der Waals surface area contributed by atoms with Crippen molar-refractivity contribution in [1.29, 1.82) is 0 Å². The standard InChI is InChI=1S/C16H14N4O2/c1-11-2-4-12(5-3-11)15-8-13(20-22-15)9-19-16(21)14-10-17-6-7-18-14/h2-8,10H,9H2,1H3,(H,19,21). The van der Waals surface area contributed by atoms with E-state index < -0.39 is 0 Å². The molecule has 6 nitrogen and oxygen atoms in total. The van der Waals surface area contributed by atoms with Crippen molar-refractivity contribution in [2.45, 2.75) is 13.5 Å². The van der Waals surface area contributed by atoms with E-state index in [1.807, 2.05) is 37.3 Å². The van der Waals surface area contributed by atoms with Crippen molar-refractivity contribution >= 4 is 5.91 Å². The van der Waals surface area contributed by atoms with Gasteiger partial charge in [-0.3, -0.25) is 9.78 Å². The quantitative estimate of drug-likeness (QED) is 0.799. The number of nitrogens with one attached hydrogen (secondary N) is 1. The topological polar surface area (TPSA) is 80.9 Å². The van der Waals surface area contributed by atoms with Gasteiger partial charge in [-0.2, -0.15) is 0 Å². The Balaban J connectivity index is 1.65. The Labute approximate surface area is 127 Å². The smallest absolute Gasteiger partial charge is 0.271 e. The van der Waals surface area contributed by atoms with E-state index in [2.05, 4.69) is 20.4 Å². The van der Waals surface area contributed by atoms with Gasteiger partial charge in [0.05, 0.1) is 12.7 Å². The molecule has 0 bridgehead atoms. The molecular weight excluding hydrogens is 280 g/mol. The lowest BCUT2D eigenvalue weighted by atomic mass is 10.1. The van der Waals surface area contributed by atoms with E-state index >= 15 is 0 Å². The second-order valence-corrected chi connectivity index (χ2v) is 4.82. The zero-order valence-electron chi connectivity index (χ0n) is 12.0. The fraction of sp³-hybridized carbons (Fsp3) is 0.125. The highest BCUT2D eigenvalue weighted by molar-refractivity contribution is 5.91. The Kier molecular flexibility index (Phi) is 3.91. The number of benzene rings is 1. The number of carbonyl (C=O) groups excluding carboxylic acids is 1. The third-order valence-corrected chi connectivity index (χ3v) is 3.12. The Hall–Kier alpha value is -3.02. The largest absolute Gasteiger partial charge is 0.356 e. The average molecular weight is 294 g/mol. The van der Waals surface area contributed by atoms with Crippen LogP contribution in [0.5, 0.6) is 0 Å². The Morgan fingerprint density at radius 1 is 1.23 bits per heavy atom. The summed E-state index contributed by atoms with van der Waals surface area (Å²) in [6, 6.07) is 9.76. The molecule has 0 spiro atoms. The highest BCUT2D eigenvalue weighted by Crippen LogP contribution is 2.20. The maximum atomic E-state index is 11.9. The van der Waals surface area contributed by atoms with Crippen LogP contribution in [-0.4, -0.2) is 21.0 Å². The van der Waals surface area contributed by atoms with Crippen LogP contribution in [0.1, 0.15) is 21.7 Å². The SMILES string of the molecule is Cc1ccc(-c2cc(CNC(=O)c3cnccn3)no2)cc1. The van der Waals surface area contributed by atoms with Gasteiger partial charge in [-0.05, 0) is 6.92 Å². The Morgan fingerprint density at radius 2 is 2.05 bits per heavy atom. The van der Waals surface area contributed by atoms with Crippen molar-refractivity contribution in [3.8, 4) is 11.3 Å². The number of nitrogens with zero attached hydrogens (tertiary/aromatic N) is 3. The molecule has 0 unspecified atom stereocenters. The molecule has 6 heteroatoms. The van der Waals surface area contributed by atoms with Gasteiger partial charge in [0.1, 0.15) is 11.4 Å². The molecule has 0 aliphatic heterocycles. The number of aromatic nitrogens is 3. The summed E-state index contributed by atoms with van der Waals surface area (Å²) in [7, 11) is 0. The zero-order valence-corrected chi connectivity index (χ0v) is 12.0. The number of hydrogen-bond donors (Lipinski definition) is 1. The fourth-order valence-electron chi connectivity index (χ4n) is 1.93. The molecular formula is C16H14N4O2. The first-order valence-corrected chi connectivity index (χ1v) is 6.79. The summed E-state index contributed by atoms with van der Waals surface area (Å²) in [5.41, 5.74) is 3.04. The number of hydrogen-bond acceptors (Lipinski definition) is 5. The molecule has 22 heavy (non-hydrogen) atoms. The second-order valence-electron chi connectivity index (χ2n) is 4.82. The first kappa shape index (κ1) is 13.9. The molecule has 110 valence electrons.